The number of aromatic nitrogens is 1. The summed E-state index contributed by atoms with van der Waals surface area (Å²) in [4.78, 5) is 30.6. The molecule has 0 radical (unpaired) electrons. The number of carbonyl (C=O) groups is 2. The fourth-order valence-electron chi connectivity index (χ4n) is 3.75. The molecule has 0 aliphatic carbocycles. The van der Waals surface area contributed by atoms with Gasteiger partial charge < -0.3 is 14.8 Å². The van der Waals surface area contributed by atoms with Crippen LogP contribution in [0.5, 0.6) is 5.75 Å². The lowest BCUT2D eigenvalue weighted by atomic mass is 10.1. The highest BCUT2D eigenvalue weighted by atomic mass is 32.1. The molecule has 0 aliphatic rings. The monoisotopic (exact) mass is 486 g/mol. The molecule has 1 N–H and O–H groups in total. The van der Waals surface area contributed by atoms with Crippen molar-refractivity contribution >= 4 is 28.9 Å². The van der Waals surface area contributed by atoms with Gasteiger partial charge in [-0.2, -0.15) is 0 Å². The molecular weight excluding hydrogens is 460 g/mol. The number of benzene rings is 3. The molecule has 178 valence electrons. The van der Waals surface area contributed by atoms with Crippen LogP contribution in [0, 0.1) is 13.8 Å². The Morgan fingerprint density at radius 3 is 2.43 bits per heavy atom. The van der Waals surface area contributed by atoms with Crippen LogP contribution >= 0.6 is 11.3 Å². The van der Waals surface area contributed by atoms with Crippen molar-refractivity contribution in [3.8, 4) is 16.3 Å². The predicted octanol–water partition coefficient (Wildman–Crippen LogP) is 5.90. The Morgan fingerprint density at radius 2 is 1.71 bits per heavy atom. The van der Waals surface area contributed by atoms with Crippen LogP contribution in [0.3, 0.4) is 0 Å². The molecule has 0 unspecified atom stereocenters. The molecule has 7 heteroatoms. The van der Waals surface area contributed by atoms with E-state index in [1.807, 2.05) is 67.8 Å². The van der Waals surface area contributed by atoms with E-state index in [1.165, 1.54) is 11.3 Å². The Kier molecular flexibility index (Phi) is 7.57. The van der Waals surface area contributed by atoms with E-state index in [-0.39, 0.29) is 6.42 Å². The minimum absolute atomic E-state index is 0.0410. The highest BCUT2D eigenvalue weighted by molar-refractivity contribution is 7.13. The van der Waals surface area contributed by atoms with E-state index in [2.05, 4.69) is 10.3 Å². The Morgan fingerprint density at radius 1 is 0.971 bits per heavy atom. The SMILES string of the molecule is COc1cccc(-c2nc(CC(=O)O[C@@H](C(=O)Nc3cc(C)cc(C)c3)c3ccccc3)cs2)c1. The number of aryl methyl sites for hydroxylation is 2. The van der Waals surface area contributed by atoms with E-state index < -0.39 is 18.0 Å². The largest absolute Gasteiger partial charge is 0.497 e. The molecule has 35 heavy (non-hydrogen) atoms. The molecule has 6 nitrogen and oxygen atoms in total. The molecule has 4 aromatic rings. The lowest BCUT2D eigenvalue weighted by molar-refractivity contribution is -0.154. The first-order chi connectivity index (χ1) is 16.9. The van der Waals surface area contributed by atoms with Gasteiger partial charge in [0.15, 0.2) is 0 Å². The van der Waals surface area contributed by atoms with Crippen LogP contribution in [0.1, 0.15) is 28.5 Å². The third kappa shape index (κ3) is 6.33. The number of nitrogens with one attached hydrogen (secondary N) is 1. The van der Waals surface area contributed by atoms with Gasteiger partial charge in [-0.15, -0.1) is 11.3 Å². The maximum Gasteiger partial charge on any atom is 0.313 e. The van der Waals surface area contributed by atoms with Crippen LogP contribution in [0.4, 0.5) is 5.69 Å². The van der Waals surface area contributed by atoms with Gasteiger partial charge in [-0.25, -0.2) is 4.98 Å². The molecule has 3 aromatic carbocycles. The summed E-state index contributed by atoms with van der Waals surface area (Å²) < 4.78 is 11.0. The number of hydrogen-bond acceptors (Lipinski definition) is 6. The second-order valence-electron chi connectivity index (χ2n) is 8.20. The molecule has 1 aromatic heterocycles. The van der Waals surface area contributed by atoms with Crippen molar-refractivity contribution in [3.05, 3.63) is 101 Å². The lowest BCUT2D eigenvalue weighted by Crippen LogP contribution is -2.26. The lowest BCUT2D eigenvalue weighted by Gasteiger charge is -2.18. The van der Waals surface area contributed by atoms with Gasteiger partial charge in [0.2, 0.25) is 6.10 Å². The fourth-order valence-corrected chi connectivity index (χ4v) is 4.57. The van der Waals surface area contributed by atoms with Crippen LogP contribution < -0.4 is 10.1 Å². The molecule has 0 saturated carbocycles. The number of ether oxygens (including phenoxy) is 2. The summed E-state index contributed by atoms with van der Waals surface area (Å²) >= 11 is 1.44. The van der Waals surface area contributed by atoms with Crippen LogP contribution in [-0.2, 0) is 20.7 Å². The van der Waals surface area contributed by atoms with Crippen molar-refractivity contribution < 1.29 is 19.1 Å². The zero-order valence-corrected chi connectivity index (χ0v) is 20.6. The molecule has 0 bridgehead atoms. The zero-order chi connectivity index (χ0) is 24.8. The average molecular weight is 487 g/mol. The summed E-state index contributed by atoms with van der Waals surface area (Å²) in [7, 11) is 1.61. The van der Waals surface area contributed by atoms with Crippen molar-refractivity contribution in [2.75, 3.05) is 12.4 Å². The standard InChI is InChI=1S/C28H26N2O4S/c1-18-12-19(2)14-22(13-18)29-27(32)26(20-8-5-4-6-9-20)34-25(31)16-23-17-35-28(30-23)21-10-7-11-24(15-21)33-3/h4-15,17,26H,16H2,1-3H3,(H,29,32)/t26-/m1/s1. The summed E-state index contributed by atoms with van der Waals surface area (Å²) in [6.45, 7) is 3.93. The number of methoxy groups -OCH3 is 1. The maximum atomic E-state index is 13.2. The Balaban J connectivity index is 1.49. The molecule has 1 amide bonds. The first kappa shape index (κ1) is 24.2. The first-order valence-corrected chi connectivity index (χ1v) is 12.0. The van der Waals surface area contributed by atoms with Crippen LogP contribution in [0.15, 0.2) is 78.2 Å². The minimum Gasteiger partial charge on any atom is -0.497 e. The minimum atomic E-state index is -1.08. The summed E-state index contributed by atoms with van der Waals surface area (Å²) in [5.74, 6) is -0.207. The Bertz CT molecular complexity index is 1310. The van der Waals surface area contributed by atoms with Crippen molar-refractivity contribution in [1.29, 1.82) is 0 Å². The summed E-state index contributed by atoms with van der Waals surface area (Å²) in [5.41, 5.74) is 4.81. The second-order valence-corrected chi connectivity index (χ2v) is 9.06. The highest BCUT2D eigenvalue weighted by Crippen LogP contribution is 2.28. The van der Waals surface area contributed by atoms with Crippen LogP contribution in [0.2, 0.25) is 0 Å². The van der Waals surface area contributed by atoms with E-state index in [4.69, 9.17) is 9.47 Å². The van der Waals surface area contributed by atoms with Gasteiger partial charge in [0.25, 0.3) is 5.91 Å². The normalized spacial score (nSPS) is 11.5. The number of esters is 1. The quantitative estimate of drug-likeness (QED) is 0.314. The average Bonchev–Trinajstić information content (AvgIpc) is 3.31. The van der Waals surface area contributed by atoms with Crippen LogP contribution in [-0.4, -0.2) is 24.0 Å². The van der Waals surface area contributed by atoms with Crippen molar-refractivity contribution in [2.24, 2.45) is 0 Å². The van der Waals surface area contributed by atoms with Gasteiger partial charge in [0.05, 0.1) is 19.2 Å². The fraction of sp³-hybridized carbons (Fsp3) is 0.179. The van der Waals surface area contributed by atoms with Gasteiger partial charge in [-0.3, -0.25) is 9.59 Å². The number of nitrogens with zero attached hydrogens (tertiary/aromatic N) is 1. The van der Waals surface area contributed by atoms with Gasteiger partial charge in [0.1, 0.15) is 10.8 Å². The van der Waals surface area contributed by atoms with E-state index in [9.17, 15) is 9.59 Å². The summed E-state index contributed by atoms with van der Waals surface area (Å²) in [6.07, 6.45) is -1.12. The number of anilines is 1. The van der Waals surface area contributed by atoms with Gasteiger partial charge >= 0.3 is 5.97 Å². The number of rotatable bonds is 8. The Labute approximate surface area is 208 Å². The number of hydrogen-bond donors (Lipinski definition) is 1. The van der Waals surface area contributed by atoms with Gasteiger partial charge in [0, 0.05) is 22.2 Å². The van der Waals surface area contributed by atoms with Crippen LogP contribution in [0.25, 0.3) is 10.6 Å². The molecule has 1 atom stereocenters. The van der Waals surface area contributed by atoms with Gasteiger partial charge in [-0.05, 0) is 49.2 Å². The maximum absolute atomic E-state index is 13.2. The zero-order valence-electron chi connectivity index (χ0n) is 19.8. The van der Waals surface area contributed by atoms with Crippen molar-refractivity contribution in [2.45, 2.75) is 26.4 Å². The van der Waals surface area contributed by atoms with Crippen molar-refractivity contribution in [3.63, 3.8) is 0 Å². The first-order valence-electron chi connectivity index (χ1n) is 11.1. The Hall–Kier alpha value is -3.97. The van der Waals surface area contributed by atoms with E-state index in [0.29, 0.717) is 16.9 Å². The molecule has 0 fully saturated rings. The number of amides is 1. The topological polar surface area (TPSA) is 77.5 Å². The number of carbonyl (C=O) groups excluding carboxylic acids is 2. The molecular formula is C28H26N2O4S. The van der Waals surface area contributed by atoms with E-state index in [0.717, 1.165) is 27.4 Å². The van der Waals surface area contributed by atoms with E-state index in [1.54, 1.807) is 31.4 Å². The molecule has 0 saturated heterocycles. The molecule has 0 aliphatic heterocycles. The molecule has 1 heterocycles. The second kappa shape index (κ2) is 11.0. The highest BCUT2D eigenvalue weighted by Gasteiger charge is 2.26. The third-order valence-electron chi connectivity index (χ3n) is 5.27. The van der Waals surface area contributed by atoms with E-state index >= 15 is 0 Å². The summed E-state index contributed by atoms with van der Waals surface area (Å²) in [6, 6.07) is 22.4. The predicted molar refractivity (Wildman–Crippen MR) is 138 cm³/mol. The molecule has 0 spiro atoms. The third-order valence-corrected chi connectivity index (χ3v) is 6.21. The molecule has 4 rings (SSSR count). The van der Waals surface area contributed by atoms with Gasteiger partial charge in [-0.1, -0.05) is 48.5 Å². The van der Waals surface area contributed by atoms with Crippen molar-refractivity contribution in [1.82, 2.24) is 4.98 Å². The smallest absolute Gasteiger partial charge is 0.313 e. The summed E-state index contributed by atoms with van der Waals surface area (Å²) in [5, 5.41) is 5.49. The number of thiazole rings is 1.